The molecule has 11 heteroatoms. The standard InChI is InChI=1S/C20H18O11/c21-8-3-1-7(2-4-8)18-16(27)15(26)12-9(22)5-11(14(25)19(12)31-18)30-20-17(28)13(24)10(23)6-29-20/h1-5,10,13,17,20-25,27-28H,6H2/t10-,13+,17?,20+/m0/s1. The van der Waals surface area contributed by atoms with Crippen LogP contribution in [-0.4, -0.2) is 67.0 Å². The van der Waals surface area contributed by atoms with Crippen LogP contribution < -0.4 is 10.2 Å². The Hall–Kier alpha value is -3.51. The van der Waals surface area contributed by atoms with Crippen LogP contribution in [0.4, 0.5) is 0 Å². The molecule has 7 N–H and O–H groups in total. The third-order valence-corrected chi connectivity index (χ3v) is 4.89. The molecule has 0 amide bonds. The predicted molar refractivity (Wildman–Crippen MR) is 103 cm³/mol. The van der Waals surface area contributed by atoms with Gasteiger partial charge in [0.15, 0.2) is 17.1 Å². The molecule has 164 valence electrons. The number of aliphatic hydroxyl groups is 3. The maximum atomic E-state index is 12.6. The van der Waals surface area contributed by atoms with Crippen LogP contribution in [0.1, 0.15) is 0 Å². The Morgan fingerprint density at radius 3 is 2.29 bits per heavy atom. The summed E-state index contributed by atoms with van der Waals surface area (Å²) in [6.45, 7) is -0.364. The average Bonchev–Trinajstić information content (AvgIpc) is 2.74. The van der Waals surface area contributed by atoms with Gasteiger partial charge < -0.3 is 49.6 Å². The number of rotatable bonds is 3. The lowest BCUT2D eigenvalue weighted by molar-refractivity contribution is -0.242. The Kier molecular flexibility index (Phi) is 5.11. The van der Waals surface area contributed by atoms with Gasteiger partial charge in [-0.1, -0.05) is 0 Å². The smallest absolute Gasteiger partial charge is 0.238 e. The lowest BCUT2D eigenvalue weighted by Gasteiger charge is -2.35. The lowest BCUT2D eigenvalue weighted by Crippen LogP contribution is -2.54. The van der Waals surface area contributed by atoms with Gasteiger partial charge >= 0.3 is 0 Å². The number of hydrogen-bond donors (Lipinski definition) is 7. The number of ether oxygens (including phenoxy) is 2. The van der Waals surface area contributed by atoms with Gasteiger partial charge in [-0.25, -0.2) is 0 Å². The van der Waals surface area contributed by atoms with Gasteiger partial charge in [0, 0.05) is 11.6 Å². The highest BCUT2D eigenvalue weighted by Gasteiger charge is 2.39. The fourth-order valence-electron chi connectivity index (χ4n) is 3.21. The molecule has 4 atom stereocenters. The van der Waals surface area contributed by atoms with E-state index >= 15 is 0 Å². The summed E-state index contributed by atoms with van der Waals surface area (Å²) in [5, 5.41) is 69.3. The largest absolute Gasteiger partial charge is 0.508 e. The molecule has 0 aliphatic carbocycles. The molecule has 2 heterocycles. The number of aliphatic hydroxyl groups excluding tert-OH is 3. The van der Waals surface area contributed by atoms with E-state index in [9.17, 15) is 40.5 Å². The Morgan fingerprint density at radius 2 is 1.61 bits per heavy atom. The van der Waals surface area contributed by atoms with Crippen LogP contribution in [0.5, 0.6) is 28.7 Å². The molecule has 1 fully saturated rings. The summed E-state index contributed by atoms with van der Waals surface area (Å²) < 4.78 is 15.9. The van der Waals surface area contributed by atoms with Crippen molar-refractivity contribution >= 4 is 11.0 Å². The molecule has 11 nitrogen and oxygen atoms in total. The zero-order valence-corrected chi connectivity index (χ0v) is 15.7. The second-order valence-electron chi connectivity index (χ2n) is 6.97. The Morgan fingerprint density at radius 1 is 0.935 bits per heavy atom. The van der Waals surface area contributed by atoms with Crippen LogP contribution in [0.15, 0.2) is 39.5 Å². The lowest BCUT2D eigenvalue weighted by atomic mass is 10.1. The Balaban J connectivity index is 1.82. The van der Waals surface area contributed by atoms with Crippen LogP contribution in [0.2, 0.25) is 0 Å². The minimum absolute atomic E-state index is 0.0686. The predicted octanol–water partition coefficient (Wildman–Crippen LogP) is 0.100. The molecule has 2 aromatic carbocycles. The SMILES string of the molecule is O=c1c(O)c(-c2ccc(O)cc2)oc2c(O)c(O[C@H]3OC[C@H](O)[C@@H](O)C3O)cc(O)c12. The van der Waals surface area contributed by atoms with Crippen LogP contribution in [0.25, 0.3) is 22.3 Å². The van der Waals surface area contributed by atoms with E-state index in [2.05, 4.69) is 0 Å². The molecule has 1 saturated heterocycles. The van der Waals surface area contributed by atoms with E-state index in [-0.39, 0.29) is 23.7 Å². The van der Waals surface area contributed by atoms with Gasteiger partial charge in [0.25, 0.3) is 0 Å². The van der Waals surface area contributed by atoms with E-state index in [1.165, 1.54) is 24.3 Å². The average molecular weight is 434 g/mol. The van der Waals surface area contributed by atoms with Crippen LogP contribution in [0.3, 0.4) is 0 Å². The number of phenolic OH excluding ortho intramolecular Hbond substituents is 3. The number of phenols is 3. The molecule has 1 unspecified atom stereocenters. The van der Waals surface area contributed by atoms with Crippen LogP contribution in [-0.2, 0) is 4.74 Å². The normalized spacial score (nSPS) is 23.7. The summed E-state index contributed by atoms with van der Waals surface area (Å²) in [4.78, 5) is 12.6. The first kappa shape index (κ1) is 20.8. The Labute approximate surface area is 173 Å². The number of hydrogen-bond acceptors (Lipinski definition) is 11. The third-order valence-electron chi connectivity index (χ3n) is 4.89. The van der Waals surface area contributed by atoms with Gasteiger partial charge in [-0.15, -0.1) is 0 Å². The highest BCUT2D eigenvalue weighted by atomic mass is 16.7. The molecule has 0 saturated carbocycles. The quantitative estimate of drug-likeness (QED) is 0.277. The van der Waals surface area contributed by atoms with E-state index in [1.807, 2.05) is 0 Å². The van der Waals surface area contributed by atoms with Gasteiger partial charge in [0.2, 0.25) is 23.2 Å². The van der Waals surface area contributed by atoms with E-state index in [1.54, 1.807) is 0 Å². The van der Waals surface area contributed by atoms with Crippen molar-refractivity contribution in [3.8, 4) is 40.1 Å². The van der Waals surface area contributed by atoms with E-state index < -0.39 is 64.0 Å². The van der Waals surface area contributed by atoms with Crippen molar-refractivity contribution in [2.45, 2.75) is 24.6 Å². The molecule has 1 aliphatic heterocycles. The number of aromatic hydroxyl groups is 4. The van der Waals surface area contributed by atoms with Gasteiger partial charge in [-0.2, -0.15) is 0 Å². The summed E-state index contributed by atoms with van der Waals surface area (Å²) in [6.07, 6.45) is -6.12. The molecule has 31 heavy (non-hydrogen) atoms. The van der Waals surface area contributed by atoms with Crippen molar-refractivity contribution in [1.29, 1.82) is 0 Å². The van der Waals surface area contributed by atoms with Crippen LogP contribution >= 0.6 is 0 Å². The van der Waals surface area contributed by atoms with Gasteiger partial charge in [0.05, 0.1) is 6.61 Å². The van der Waals surface area contributed by atoms with E-state index in [0.29, 0.717) is 0 Å². The van der Waals surface area contributed by atoms with Crippen molar-refractivity contribution in [2.24, 2.45) is 0 Å². The first-order valence-corrected chi connectivity index (χ1v) is 9.05. The highest BCUT2D eigenvalue weighted by Crippen LogP contribution is 2.43. The van der Waals surface area contributed by atoms with Crippen molar-refractivity contribution < 1.29 is 49.6 Å². The molecule has 0 spiro atoms. The molecular formula is C20H18O11. The summed E-state index contributed by atoms with van der Waals surface area (Å²) in [5.41, 5.74) is -1.36. The minimum atomic E-state index is -1.68. The molecule has 3 aromatic rings. The van der Waals surface area contributed by atoms with Crippen LogP contribution in [0, 0.1) is 0 Å². The second-order valence-corrected chi connectivity index (χ2v) is 6.97. The molecule has 0 radical (unpaired) electrons. The zero-order chi connectivity index (χ0) is 22.4. The summed E-state index contributed by atoms with van der Waals surface area (Å²) in [5.74, 6) is -3.14. The monoisotopic (exact) mass is 434 g/mol. The molecule has 0 bridgehead atoms. The minimum Gasteiger partial charge on any atom is -0.508 e. The zero-order valence-electron chi connectivity index (χ0n) is 15.7. The second kappa shape index (κ2) is 7.63. The van der Waals surface area contributed by atoms with Crippen molar-refractivity contribution in [3.63, 3.8) is 0 Å². The first-order chi connectivity index (χ1) is 14.7. The molecule has 1 aliphatic rings. The summed E-state index contributed by atoms with van der Waals surface area (Å²) >= 11 is 0. The van der Waals surface area contributed by atoms with E-state index in [4.69, 9.17) is 13.9 Å². The Bertz CT molecular complexity index is 1180. The third kappa shape index (κ3) is 3.49. The van der Waals surface area contributed by atoms with Crippen molar-refractivity contribution in [3.05, 3.63) is 40.6 Å². The van der Waals surface area contributed by atoms with E-state index in [0.717, 1.165) is 6.07 Å². The van der Waals surface area contributed by atoms with Crippen molar-refractivity contribution in [1.82, 2.24) is 0 Å². The summed E-state index contributed by atoms with van der Waals surface area (Å²) in [6, 6.07) is 6.14. The van der Waals surface area contributed by atoms with Crippen molar-refractivity contribution in [2.75, 3.05) is 6.61 Å². The topological polar surface area (TPSA) is 190 Å². The fourth-order valence-corrected chi connectivity index (χ4v) is 3.21. The molecule has 1 aromatic heterocycles. The number of fused-ring (bicyclic) bond motifs is 1. The molecule has 4 rings (SSSR count). The maximum absolute atomic E-state index is 12.6. The van der Waals surface area contributed by atoms with Gasteiger partial charge in [0.1, 0.15) is 35.2 Å². The van der Waals surface area contributed by atoms with Gasteiger partial charge in [-0.3, -0.25) is 4.79 Å². The fraction of sp³-hybridized carbons (Fsp3) is 0.250. The van der Waals surface area contributed by atoms with Gasteiger partial charge in [-0.05, 0) is 24.3 Å². The highest BCUT2D eigenvalue weighted by molar-refractivity contribution is 5.93. The molecular weight excluding hydrogens is 416 g/mol. The number of benzene rings is 2. The first-order valence-electron chi connectivity index (χ1n) is 9.05. The summed E-state index contributed by atoms with van der Waals surface area (Å²) in [7, 11) is 0. The maximum Gasteiger partial charge on any atom is 0.238 e.